The third kappa shape index (κ3) is 0.936. The Morgan fingerprint density at radius 3 is 3.38 bits per heavy atom. The number of hydrogen-bond donors (Lipinski definition) is 1. The molecule has 0 saturated heterocycles. The zero-order valence-corrected chi connectivity index (χ0v) is 7.06. The van der Waals surface area contributed by atoms with Gasteiger partial charge in [-0.05, 0) is 0 Å². The van der Waals surface area contributed by atoms with Crippen molar-refractivity contribution in [2.45, 2.75) is 13.0 Å². The van der Waals surface area contributed by atoms with E-state index in [1.54, 1.807) is 6.33 Å². The number of rotatable bonds is 0. The van der Waals surface area contributed by atoms with E-state index in [4.69, 9.17) is 0 Å². The van der Waals surface area contributed by atoms with E-state index in [0.717, 1.165) is 19.5 Å². The van der Waals surface area contributed by atoms with Crippen LogP contribution in [-0.4, -0.2) is 26.1 Å². The highest BCUT2D eigenvalue weighted by atomic mass is 15.3. The van der Waals surface area contributed by atoms with Crippen molar-refractivity contribution >= 4 is 5.78 Å². The standard InChI is InChI=1S/C8H9N5/c1-2-9-3-6-4-10-8-11-5-12-13(8)7(1)6/h4-5,9H,1-3H2. The molecule has 13 heavy (non-hydrogen) atoms. The molecular formula is C8H9N5. The summed E-state index contributed by atoms with van der Waals surface area (Å²) in [6, 6.07) is 0. The van der Waals surface area contributed by atoms with Crippen LogP contribution in [0.15, 0.2) is 12.5 Å². The van der Waals surface area contributed by atoms with Crippen LogP contribution in [-0.2, 0) is 13.0 Å². The summed E-state index contributed by atoms with van der Waals surface area (Å²) in [4.78, 5) is 8.25. The molecule has 3 rings (SSSR count). The van der Waals surface area contributed by atoms with Crippen molar-refractivity contribution in [2.75, 3.05) is 6.54 Å². The molecule has 0 atom stereocenters. The highest BCUT2D eigenvalue weighted by Crippen LogP contribution is 2.12. The highest BCUT2D eigenvalue weighted by molar-refractivity contribution is 5.32. The molecule has 1 aliphatic heterocycles. The van der Waals surface area contributed by atoms with Gasteiger partial charge in [0.1, 0.15) is 6.33 Å². The van der Waals surface area contributed by atoms with E-state index in [0.29, 0.717) is 5.78 Å². The Labute approximate surface area is 74.8 Å². The largest absolute Gasteiger partial charge is 0.312 e. The minimum atomic E-state index is 0.695. The number of aromatic nitrogens is 4. The van der Waals surface area contributed by atoms with Gasteiger partial charge in [-0.15, -0.1) is 0 Å². The first-order valence-corrected chi connectivity index (χ1v) is 4.32. The molecule has 0 fully saturated rings. The Balaban J connectivity index is 2.34. The van der Waals surface area contributed by atoms with Crippen LogP contribution in [0.4, 0.5) is 0 Å². The fourth-order valence-corrected chi connectivity index (χ4v) is 1.70. The number of hydrogen-bond acceptors (Lipinski definition) is 4. The lowest BCUT2D eigenvalue weighted by Gasteiger charge is -2.16. The Bertz CT molecular complexity index is 447. The fourth-order valence-electron chi connectivity index (χ4n) is 1.70. The Hall–Kier alpha value is -1.49. The normalized spacial score (nSPS) is 16.0. The first kappa shape index (κ1) is 6.97. The maximum absolute atomic E-state index is 4.20. The second-order valence-electron chi connectivity index (χ2n) is 3.13. The van der Waals surface area contributed by atoms with Gasteiger partial charge in [0, 0.05) is 31.3 Å². The van der Waals surface area contributed by atoms with E-state index in [9.17, 15) is 0 Å². The zero-order valence-electron chi connectivity index (χ0n) is 7.06. The molecule has 0 amide bonds. The van der Waals surface area contributed by atoms with Crippen LogP contribution in [0, 0.1) is 0 Å². The van der Waals surface area contributed by atoms with Crippen molar-refractivity contribution in [3.8, 4) is 0 Å². The van der Waals surface area contributed by atoms with Crippen molar-refractivity contribution in [2.24, 2.45) is 0 Å². The third-order valence-corrected chi connectivity index (χ3v) is 2.35. The molecule has 0 spiro atoms. The van der Waals surface area contributed by atoms with Crippen molar-refractivity contribution in [1.82, 2.24) is 24.9 Å². The van der Waals surface area contributed by atoms with E-state index in [1.807, 2.05) is 10.7 Å². The number of fused-ring (bicyclic) bond motifs is 3. The summed E-state index contributed by atoms with van der Waals surface area (Å²) >= 11 is 0. The smallest absolute Gasteiger partial charge is 0.252 e. The molecule has 1 aliphatic rings. The SMILES string of the molecule is c1nc2ncc3c(n2n1)CCNC3. The van der Waals surface area contributed by atoms with Gasteiger partial charge in [0.2, 0.25) is 0 Å². The van der Waals surface area contributed by atoms with Crippen LogP contribution in [0.5, 0.6) is 0 Å². The minimum absolute atomic E-state index is 0.695. The van der Waals surface area contributed by atoms with Gasteiger partial charge in [-0.1, -0.05) is 0 Å². The summed E-state index contributed by atoms with van der Waals surface area (Å²) in [5.74, 6) is 0.695. The van der Waals surface area contributed by atoms with Crippen LogP contribution < -0.4 is 5.32 Å². The summed E-state index contributed by atoms with van der Waals surface area (Å²) in [5.41, 5.74) is 2.46. The number of nitrogens with zero attached hydrogens (tertiary/aromatic N) is 4. The molecule has 0 aliphatic carbocycles. The van der Waals surface area contributed by atoms with E-state index in [1.165, 1.54) is 11.3 Å². The first-order valence-electron chi connectivity index (χ1n) is 4.32. The van der Waals surface area contributed by atoms with Crippen molar-refractivity contribution in [1.29, 1.82) is 0 Å². The van der Waals surface area contributed by atoms with Crippen molar-refractivity contribution < 1.29 is 0 Å². The summed E-state index contributed by atoms with van der Waals surface area (Å²) in [6.45, 7) is 1.89. The molecule has 66 valence electrons. The molecule has 3 heterocycles. The van der Waals surface area contributed by atoms with Crippen molar-refractivity contribution in [3.63, 3.8) is 0 Å². The second kappa shape index (κ2) is 2.50. The Morgan fingerprint density at radius 1 is 1.38 bits per heavy atom. The molecule has 5 heteroatoms. The van der Waals surface area contributed by atoms with Gasteiger partial charge in [-0.3, -0.25) is 0 Å². The predicted molar refractivity (Wildman–Crippen MR) is 46.2 cm³/mol. The van der Waals surface area contributed by atoms with Gasteiger partial charge in [0.15, 0.2) is 0 Å². The first-order chi connectivity index (χ1) is 6.45. The molecule has 0 saturated carbocycles. The van der Waals surface area contributed by atoms with Crippen LogP contribution >= 0.6 is 0 Å². The topological polar surface area (TPSA) is 55.1 Å². The van der Waals surface area contributed by atoms with E-state index in [2.05, 4.69) is 20.4 Å². The average Bonchev–Trinajstić information content (AvgIpc) is 2.65. The quantitative estimate of drug-likeness (QED) is 0.601. The fraction of sp³-hybridized carbons (Fsp3) is 0.375. The molecule has 1 N–H and O–H groups in total. The molecule has 0 bridgehead atoms. The van der Waals surface area contributed by atoms with E-state index in [-0.39, 0.29) is 0 Å². The van der Waals surface area contributed by atoms with Gasteiger partial charge < -0.3 is 5.32 Å². The van der Waals surface area contributed by atoms with Crippen LogP contribution in [0.3, 0.4) is 0 Å². The lowest BCUT2D eigenvalue weighted by molar-refractivity contribution is 0.610. The van der Waals surface area contributed by atoms with Crippen LogP contribution in [0.1, 0.15) is 11.3 Å². The highest BCUT2D eigenvalue weighted by Gasteiger charge is 2.13. The molecule has 0 radical (unpaired) electrons. The molecule has 2 aromatic rings. The van der Waals surface area contributed by atoms with E-state index < -0.39 is 0 Å². The zero-order chi connectivity index (χ0) is 8.67. The molecule has 0 aromatic carbocycles. The molecule has 2 aromatic heterocycles. The maximum Gasteiger partial charge on any atom is 0.252 e. The van der Waals surface area contributed by atoms with Crippen LogP contribution in [0.2, 0.25) is 0 Å². The minimum Gasteiger partial charge on any atom is -0.312 e. The third-order valence-electron chi connectivity index (χ3n) is 2.35. The van der Waals surface area contributed by atoms with Gasteiger partial charge in [-0.25, -0.2) is 9.50 Å². The second-order valence-corrected chi connectivity index (χ2v) is 3.13. The monoisotopic (exact) mass is 175 g/mol. The van der Waals surface area contributed by atoms with Gasteiger partial charge in [0.05, 0.1) is 5.69 Å². The predicted octanol–water partition coefficient (Wildman–Crippen LogP) is -0.230. The summed E-state index contributed by atoms with van der Waals surface area (Å²) in [6.07, 6.45) is 4.42. The van der Waals surface area contributed by atoms with Gasteiger partial charge in [0.25, 0.3) is 5.78 Å². The van der Waals surface area contributed by atoms with Gasteiger partial charge in [-0.2, -0.15) is 10.1 Å². The summed E-state index contributed by atoms with van der Waals surface area (Å²) in [7, 11) is 0. The van der Waals surface area contributed by atoms with Crippen LogP contribution in [0.25, 0.3) is 5.78 Å². The molecular weight excluding hydrogens is 166 g/mol. The Kier molecular flexibility index (Phi) is 1.34. The van der Waals surface area contributed by atoms with E-state index >= 15 is 0 Å². The maximum atomic E-state index is 4.20. The summed E-state index contributed by atoms with van der Waals surface area (Å²) < 4.78 is 1.83. The van der Waals surface area contributed by atoms with Crippen molar-refractivity contribution in [3.05, 3.63) is 23.8 Å². The Morgan fingerprint density at radius 2 is 2.38 bits per heavy atom. The molecule has 0 unspecified atom stereocenters. The average molecular weight is 175 g/mol. The lowest BCUT2D eigenvalue weighted by Crippen LogP contribution is -2.26. The lowest BCUT2D eigenvalue weighted by atomic mass is 10.1. The molecule has 5 nitrogen and oxygen atoms in total. The van der Waals surface area contributed by atoms with Gasteiger partial charge >= 0.3 is 0 Å². The summed E-state index contributed by atoms with van der Waals surface area (Å²) in [5, 5.41) is 7.44. The number of nitrogens with one attached hydrogen (secondary N) is 1.